The van der Waals surface area contributed by atoms with Crippen LogP contribution in [0.5, 0.6) is 0 Å². The normalized spacial score (nSPS) is 12.2. The molecule has 0 aliphatic heterocycles. The Balaban J connectivity index is 0. The molecule has 0 aromatic heterocycles. The van der Waals surface area contributed by atoms with Gasteiger partial charge in [0, 0.05) is 5.41 Å². The summed E-state index contributed by atoms with van der Waals surface area (Å²) in [6.45, 7) is 33.7. The smallest absolute Gasteiger partial charge is 0.00201 e. The van der Waals surface area contributed by atoms with Gasteiger partial charge in [0.2, 0.25) is 0 Å². The van der Waals surface area contributed by atoms with Gasteiger partial charge in [-0.25, -0.2) is 0 Å². The molecule has 1 unspecified atom stereocenters. The largest absolute Gasteiger partial charge is 0.103 e. The number of unbranched alkanes of at least 4 members (excludes halogenated alkanes) is 30. The van der Waals surface area contributed by atoms with Crippen molar-refractivity contribution in [2.75, 3.05) is 0 Å². The van der Waals surface area contributed by atoms with Gasteiger partial charge < -0.3 is 0 Å². The topological polar surface area (TPSA) is 0 Å². The van der Waals surface area contributed by atoms with Crippen molar-refractivity contribution in [2.24, 2.45) is 5.41 Å². The van der Waals surface area contributed by atoms with E-state index in [1.165, 1.54) is 253 Å². The second-order valence-electron chi connectivity index (χ2n) is 18.5. The minimum Gasteiger partial charge on any atom is -0.103 e. The zero-order valence-corrected chi connectivity index (χ0v) is 39.9. The molecule has 0 saturated heterocycles. The molecule has 0 aromatic carbocycles. The summed E-state index contributed by atoms with van der Waals surface area (Å²) in [5.74, 6) is 0. The average Bonchev–Trinajstić information content (AvgIpc) is 3.17. The van der Waals surface area contributed by atoms with Gasteiger partial charge in [-0.05, 0) is 77.6 Å². The van der Waals surface area contributed by atoms with Crippen molar-refractivity contribution in [1.82, 2.24) is 0 Å². The van der Waals surface area contributed by atoms with E-state index < -0.39 is 0 Å². The van der Waals surface area contributed by atoms with Gasteiger partial charge in [0.25, 0.3) is 0 Å². The zero-order chi connectivity index (χ0) is 41.8. The molecule has 0 N–H and O–H groups in total. The van der Waals surface area contributed by atoms with Crippen LogP contribution in [0.4, 0.5) is 0 Å². The fraction of sp³-hybridized carbons (Fsp3) is 0.821. The van der Waals surface area contributed by atoms with E-state index in [1.54, 1.807) is 0 Å². The molecule has 0 spiro atoms. The molecule has 0 aromatic rings. The summed E-state index contributed by atoms with van der Waals surface area (Å²) in [6, 6.07) is 0. The molecule has 330 valence electrons. The SMILES string of the molecule is C=C(C)CC(CC(=C)CCCCCCCCC)(CC(=C)CCCCCCCCCCC)C(=C)CCCCCCCCCCC.C=CCCCCCCCCCC. The van der Waals surface area contributed by atoms with Crippen LogP contribution in [-0.2, 0) is 0 Å². The summed E-state index contributed by atoms with van der Waals surface area (Å²) in [5, 5.41) is 0. The van der Waals surface area contributed by atoms with Crippen LogP contribution >= 0.6 is 0 Å². The molecule has 0 aliphatic rings. The van der Waals surface area contributed by atoms with Crippen LogP contribution in [0.25, 0.3) is 0 Å². The minimum atomic E-state index is 0.0561. The van der Waals surface area contributed by atoms with Gasteiger partial charge in [-0.15, -0.1) is 13.2 Å². The van der Waals surface area contributed by atoms with Gasteiger partial charge in [0.15, 0.2) is 0 Å². The van der Waals surface area contributed by atoms with Crippen LogP contribution in [0.2, 0.25) is 0 Å². The highest BCUT2D eigenvalue weighted by Gasteiger charge is 2.34. The number of rotatable bonds is 44. The summed E-state index contributed by atoms with van der Waals surface area (Å²) in [4.78, 5) is 0. The highest BCUT2D eigenvalue weighted by Crippen LogP contribution is 2.47. The molecule has 0 heterocycles. The van der Waals surface area contributed by atoms with E-state index in [0.29, 0.717) is 0 Å². The molecule has 0 bridgehead atoms. The van der Waals surface area contributed by atoms with Crippen LogP contribution in [-0.4, -0.2) is 0 Å². The molecule has 0 radical (unpaired) electrons. The molecule has 0 aliphatic carbocycles. The fourth-order valence-corrected chi connectivity index (χ4v) is 8.63. The van der Waals surface area contributed by atoms with Crippen molar-refractivity contribution in [1.29, 1.82) is 0 Å². The Kier molecular flexibility index (Phi) is 45.4. The third-order valence-electron chi connectivity index (χ3n) is 12.2. The lowest BCUT2D eigenvalue weighted by Gasteiger charge is -2.38. The maximum Gasteiger partial charge on any atom is 0.00201 e. The van der Waals surface area contributed by atoms with E-state index in [0.717, 1.165) is 25.7 Å². The third kappa shape index (κ3) is 39.5. The van der Waals surface area contributed by atoms with E-state index in [2.05, 4.69) is 60.9 Å². The predicted molar refractivity (Wildman–Crippen MR) is 262 cm³/mol. The van der Waals surface area contributed by atoms with Crippen LogP contribution in [0.1, 0.15) is 291 Å². The van der Waals surface area contributed by atoms with E-state index in [9.17, 15) is 0 Å². The van der Waals surface area contributed by atoms with Crippen molar-refractivity contribution >= 4 is 0 Å². The van der Waals surface area contributed by atoms with Crippen LogP contribution in [0, 0.1) is 5.41 Å². The lowest BCUT2D eigenvalue weighted by molar-refractivity contribution is 0.322. The molecular formula is C56H106. The Hall–Kier alpha value is -1.30. The van der Waals surface area contributed by atoms with E-state index in [4.69, 9.17) is 6.58 Å². The molecule has 56 heavy (non-hydrogen) atoms. The van der Waals surface area contributed by atoms with Crippen molar-refractivity contribution in [3.8, 4) is 0 Å². The van der Waals surface area contributed by atoms with E-state index in [1.807, 2.05) is 6.08 Å². The predicted octanol–water partition coefficient (Wildman–Crippen LogP) is 21.1. The first-order valence-electron chi connectivity index (χ1n) is 25.5. The van der Waals surface area contributed by atoms with E-state index >= 15 is 0 Å². The Labute approximate surface area is 356 Å². The minimum absolute atomic E-state index is 0.0561. The molecule has 0 amide bonds. The lowest BCUT2D eigenvalue weighted by atomic mass is 9.66. The number of allylic oxidation sites excluding steroid dienone is 5. The first kappa shape index (κ1) is 56.8. The quantitative estimate of drug-likeness (QED) is 0.0427. The Morgan fingerprint density at radius 1 is 0.357 bits per heavy atom. The number of hydrogen-bond donors (Lipinski definition) is 0. The van der Waals surface area contributed by atoms with Crippen LogP contribution in [0.3, 0.4) is 0 Å². The molecular weight excluding hydrogens is 673 g/mol. The highest BCUT2D eigenvalue weighted by molar-refractivity contribution is 5.23. The Morgan fingerprint density at radius 3 is 0.911 bits per heavy atom. The molecule has 0 rings (SSSR count). The van der Waals surface area contributed by atoms with Gasteiger partial charge in [-0.1, -0.05) is 262 Å². The lowest BCUT2D eigenvalue weighted by Crippen LogP contribution is -2.25. The van der Waals surface area contributed by atoms with Crippen LogP contribution < -0.4 is 0 Å². The molecule has 0 saturated carbocycles. The average molecular weight is 779 g/mol. The first-order chi connectivity index (χ1) is 27.2. The molecule has 1 atom stereocenters. The van der Waals surface area contributed by atoms with Crippen molar-refractivity contribution in [3.63, 3.8) is 0 Å². The van der Waals surface area contributed by atoms with Crippen molar-refractivity contribution < 1.29 is 0 Å². The zero-order valence-electron chi connectivity index (χ0n) is 39.9. The van der Waals surface area contributed by atoms with Crippen molar-refractivity contribution in [2.45, 2.75) is 291 Å². The Morgan fingerprint density at radius 2 is 0.625 bits per heavy atom. The summed E-state index contributed by atoms with van der Waals surface area (Å²) in [5.41, 5.74) is 5.67. The molecule has 0 nitrogen and oxygen atoms in total. The fourth-order valence-electron chi connectivity index (χ4n) is 8.63. The first-order valence-corrected chi connectivity index (χ1v) is 25.5. The molecule has 0 fully saturated rings. The van der Waals surface area contributed by atoms with Crippen molar-refractivity contribution in [3.05, 3.63) is 61.3 Å². The third-order valence-corrected chi connectivity index (χ3v) is 12.2. The van der Waals surface area contributed by atoms with Gasteiger partial charge in [-0.2, -0.15) is 0 Å². The summed E-state index contributed by atoms with van der Waals surface area (Å²) < 4.78 is 0. The van der Waals surface area contributed by atoms with Gasteiger partial charge in [-0.3, -0.25) is 0 Å². The molecule has 0 heteroatoms. The van der Waals surface area contributed by atoms with Crippen LogP contribution in [0.15, 0.2) is 61.3 Å². The second-order valence-corrected chi connectivity index (χ2v) is 18.5. The number of hydrogen-bond acceptors (Lipinski definition) is 0. The maximum absolute atomic E-state index is 4.82. The standard InChI is InChI=1S/C44H82.C12H24/c1-9-12-15-18-21-23-26-29-32-35-42(7)39-44(37-40(4)5,38-41(6)34-31-28-25-20-17-14-11-3)43(8)36-33-30-27-24-22-19-16-13-10-2;1-3-5-7-9-11-12-10-8-6-4-2/h4,6-39H2,1-3,5H3;3H,1,4-12H2,2H3. The summed E-state index contributed by atoms with van der Waals surface area (Å²) >= 11 is 0. The maximum atomic E-state index is 4.82. The Bertz CT molecular complexity index is 886. The van der Waals surface area contributed by atoms with Gasteiger partial charge in [0.05, 0.1) is 0 Å². The van der Waals surface area contributed by atoms with Gasteiger partial charge in [0.1, 0.15) is 0 Å². The van der Waals surface area contributed by atoms with Gasteiger partial charge >= 0.3 is 0 Å². The summed E-state index contributed by atoms with van der Waals surface area (Å²) in [6.07, 6.45) is 55.6. The van der Waals surface area contributed by atoms with E-state index in [-0.39, 0.29) is 5.41 Å². The monoisotopic (exact) mass is 779 g/mol. The second kappa shape index (κ2) is 44.8. The summed E-state index contributed by atoms with van der Waals surface area (Å²) in [7, 11) is 0. The highest BCUT2D eigenvalue weighted by atomic mass is 14.4.